The van der Waals surface area contributed by atoms with E-state index in [-0.39, 0.29) is 11.5 Å². The number of nitrogens with zero attached hydrogens (tertiary/aromatic N) is 3. The third kappa shape index (κ3) is 3.14. The first-order valence-corrected chi connectivity index (χ1v) is 8.01. The minimum atomic E-state index is -0.961. The van der Waals surface area contributed by atoms with Crippen LogP contribution in [0.2, 0.25) is 5.02 Å². The van der Waals surface area contributed by atoms with Crippen molar-refractivity contribution in [1.82, 2.24) is 9.97 Å². The Bertz CT molecular complexity index is 886. The Hall–Kier alpha value is -2.55. The summed E-state index contributed by atoms with van der Waals surface area (Å²) in [5.41, 5.74) is 1.44. The quantitative estimate of drug-likeness (QED) is 0.663. The third-order valence-electron chi connectivity index (χ3n) is 3.24. The molecule has 1 aromatic carbocycles. The van der Waals surface area contributed by atoms with Gasteiger partial charge in [-0.2, -0.15) is 5.26 Å². The summed E-state index contributed by atoms with van der Waals surface area (Å²) in [6, 6.07) is 14.4. The van der Waals surface area contributed by atoms with Gasteiger partial charge in [0, 0.05) is 17.1 Å². The molecule has 3 rings (SSSR count). The first-order valence-electron chi connectivity index (χ1n) is 6.76. The lowest BCUT2D eigenvalue weighted by molar-refractivity contribution is 0.0973. The van der Waals surface area contributed by atoms with Crippen molar-refractivity contribution in [3.8, 4) is 16.6 Å². The largest absolute Gasteiger partial charge is 0.290 e. The molecule has 112 valence electrons. The van der Waals surface area contributed by atoms with Crippen LogP contribution >= 0.6 is 22.9 Å². The molecule has 0 radical (unpaired) electrons. The summed E-state index contributed by atoms with van der Waals surface area (Å²) < 4.78 is 0. The number of benzene rings is 1. The number of ketones is 1. The summed E-state index contributed by atoms with van der Waals surface area (Å²) >= 11 is 7.47. The molecule has 0 aliphatic carbocycles. The molecule has 0 spiro atoms. The molecule has 0 amide bonds. The Morgan fingerprint density at radius 3 is 2.70 bits per heavy atom. The number of hydrogen-bond donors (Lipinski definition) is 0. The molecule has 3 aromatic rings. The average Bonchev–Trinajstić information content (AvgIpc) is 3.06. The maximum Gasteiger partial charge on any atom is 0.205 e. The molecule has 23 heavy (non-hydrogen) atoms. The van der Waals surface area contributed by atoms with Crippen LogP contribution in [-0.4, -0.2) is 15.8 Å². The van der Waals surface area contributed by atoms with Gasteiger partial charge in [0.2, 0.25) is 5.78 Å². The first kappa shape index (κ1) is 15.3. The number of thiazole rings is 1. The highest BCUT2D eigenvalue weighted by Gasteiger charge is 2.25. The second-order valence-corrected chi connectivity index (χ2v) is 5.96. The van der Waals surface area contributed by atoms with Crippen LogP contribution < -0.4 is 0 Å². The highest BCUT2D eigenvalue weighted by atomic mass is 35.5. The van der Waals surface area contributed by atoms with Crippen LogP contribution in [0.1, 0.15) is 22.1 Å². The van der Waals surface area contributed by atoms with Crippen molar-refractivity contribution in [2.75, 3.05) is 0 Å². The summed E-state index contributed by atoms with van der Waals surface area (Å²) in [5.74, 6) is -1.32. The zero-order valence-electron chi connectivity index (χ0n) is 11.8. The Balaban J connectivity index is 1.93. The van der Waals surface area contributed by atoms with E-state index < -0.39 is 5.92 Å². The van der Waals surface area contributed by atoms with E-state index in [9.17, 15) is 10.1 Å². The highest BCUT2D eigenvalue weighted by molar-refractivity contribution is 7.13. The average molecular weight is 340 g/mol. The van der Waals surface area contributed by atoms with E-state index in [1.165, 1.54) is 11.3 Å². The van der Waals surface area contributed by atoms with Crippen LogP contribution in [-0.2, 0) is 0 Å². The van der Waals surface area contributed by atoms with Gasteiger partial charge in [0.1, 0.15) is 10.7 Å². The van der Waals surface area contributed by atoms with E-state index in [0.717, 1.165) is 5.56 Å². The maximum absolute atomic E-state index is 12.6. The van der Waals surface area contributed by atoms with E-state index >= 15 is 0 Å². The molecule has 1 unspecified atom stereocenters. The van der Waals surface area contributed by atoms with Gasteiger partial charge in [0.15, 0.2) is 5.92 Å². The standard InChI is InChI=1S/C17H10ClN3OS/c18-13-6-2-1-5-11(13)17-21-15(10-23-17)16(22)12(9-19)14-7-3-4-8-20-14/h1-8,10,12H. The molecular formula is C17H10ClN3OS. The van der Waals surface area contributed by atoms with Gasteiger partial charge < -0.3 is 0 Å². The Kier molecular flexibility index (Phi) is 4.47. The molecule has 2 aromatic heterocycles. The van der Waals surface area contributed by atoms with Crippen LogP contribution in [0.5, 0.6) is 0 Å². The third-order valence-corrected chi connectivity index (χ3v) is 4.44. The molecule has 0 N–H and O–H groups in total. The number of halogens is 1. The number of nitriles is 1. The van der Waals surface area contributed by atoms with Gasteiger partial charge in [-0.3, -0.25) is 9.78 Å². The van der Waals surface area contributed by atoms with Crippen LogP contribution in [0.25, 0.3) is 10.6 Å². The topological polar surface area (TPSA) is 66.6 Å². The minimum Gasteiger partial charge on any atom is -0.290 e. The van der Waals surface area contributed by atoms with Crippen molar-refractivity contribution in [2.45, 2.75) is 5.92 Å². The fraction of sp³-hybridized carbons (Fsp3) is 0.0588. The summed E-state index contributed by atoms with van der Waals surface area (Å²) in [4.78, 5) is 21.0. The normalized spacial score (nSPS) is 11.7. The van der Waals surface area contributed by atoms with Crippen molar-refractivity contribution in [2.24, 2.45) is 0 Å². The smallest absolute Gasteiger partial charge is 0.205 e. The zero-order chi connectivity index (χ0) is 16.2. The SMILES string of the molecule is N#CC(C(=O)c1csc(-c2ccccc2Cl)n1)c1ccccn1. The van der Waals surface area contributed by atoms with Gasteiger partial charge in [0.05, 0.1) is 16.8 Å². The lowest BCUT2D eigenvalue weighted by Crippen LogP contribution is -2.13. The van der Waals surface area contributed by atoms with Crippen LogP contribution in [0.15, 0.2) is 54.0 Å². The Labute approximate surface area is 142 Å². The van der Waals surface area contributed by atoms with Gasteiger partial charge >= 0.3 is 0 Å². The molecule has 6 heteroatoms. The van der Waals surface area contributed by atoms with Crippen LogP contribution in [0.4, 0.5) is 0 Å². The van der Waals surface area contributed by atoms with Crippen molar-refractivity contribution >= 4 is 28.7 Å². The molecule has 0 saturated carbocycles. The second kappa shape index (κ2) is 6.69. The maximum atomic E-state index is 12.6. The van der Waals surface area contributed by atoms with E-state index in [1.54, 1.807) is 35.8 Å². The molecular weight excluding hydrogens is 330 g/mol. The Morgan fingerprint density at radius 1 is 1.22 bits per heavy atom. The van der Waals surface area contributed by atoms with Crippen molar-refractivity contribution in [3.63, 3.8) is 0 Å². The molecule has 2 heterocycles. The van der Waals surface area contributed by atoms with Crippen molar-refractivity contribution in [1.29, 1.82) is 5.26 Å². The van der Waals surface area contributed by atoms with Crippen molar-refractivity contribution in [3.05, 3.63) is 70.5 Å². The monoisotopic (exact) mass is 339 g/mol. The fourth-order valence-electron chi connectivity index (χ4n) is 2.10. The molecule has 0 aliphatic heterocycles. The minimum absolute atomic E-state index is 0.252. The predicted molar refractivity (Wildman–Crippen MR) is 89.5 cm³/mol. The lowest BCUT2D eigenvalue weighted by atomic mass is 9.99. The molecule has 0 fully saturated rings. The molecule has 0 bridgehead atoms. The summed E-state index contributed by atoms with van der Waals surface area (Å²) in [6.45, 7) is 0. The van der Waals surface area contributed by atoms with E-state index in [0.29, 0.717) is 15.7 Å². The number of aromatic nitrogens is 2. The predicted octanol–water partition coefficient (Wildman–Crippen LogP) is 4.35. The van der Waals surface area contributed by atoms with Gasteiger partial charge in [-0.25, -0.2) is 4.98 Å². The number of pyridine rings is 1. The zero-order valence-corrected chi connectivity index (χ0v) is 13.4. The number of carbonyl (C=O) groups excluding carboxylic acids is 1. The van der Waals surface area contributed by atoms with E-state index in [2.05, 4.69) is 9.97 Å². The highest BCUT2D eigenvalue weighted by Crippen LogP contribution is 2.31. The number of Topliss-reactive ketones (excluding diaryl/α,β-unsaturated/α-hetero) is 1. The second-order valence-electron chi connectivity index (χ2n) is 4.70. The molecule has 0 aliphatic rings. The number of hydrogen-bond acceptors (Lipinski definition) is 5. The Morgan fingerprint density at radius 2 is 2.00 bits per heavy atom. The molecule has 0 saturated heterocycles. The summed E-state index contributed by atoms with van der Waals surface area (Å²) in [6.07, 6.45) is 1.56. The van der Waals surface area contributed by atoms with Crippen molar-refractivity contribution < 1.29 is 4.79 Å². The fourth-order valence-corrected chi connectivity index (χ4v) is 3.23. The summed E-state index contributed by atoms with van der Waals surface area (Å²) in [5, 5.41) is 12.2. The van der Waals surface area contributed by atoms with Crippen LogP contribution in [0.3, 0.4) is 0 Å². The summed E-state index contributed by atoms with van der Waals surface area (Å²) in [7, 11) is 0. The first-order chi connectivity index (χ1) is 11.2. The van der Waals surface area contributed by atoms with Gasteiger partial charge in [0.25, 0.3) is 0 Å². The lowest BCUT2D eigenvalue weighted by Gasteiger charge is -2.05. The van der Waals surface area contributed by atoms with E-state index in [4.69, 9.17) is 11.6 Å². The number of rotatable bonds is 4. The molecule has 4 nitrogen and oxygen atoms in total. The number of carbonyl (C=O) groups is 1. The van der Waals surface area contributed by atoms with E-state index in [1.807, 2.05) is 24.3 Å². The van der Waals surface area contributed by atoms with Gasteiger partial charge in [-0.15, -0.1) is 11.3 Å². The molecule has 1 atom stereocenters. The van der Waals surface area contributed by atoms with Gasteiger partial charge in [-0.05, 0) is 18.2 Å². The van der Waals surface area contributed by atoms with Gasteiger partial charge in [-0.1, -0.05) is 35.9 Å². The van der Waals surface area contributed by atoms with Crippen LogP contribution in [0, 0.1) is 11.3 Å².